The van der Waals surface area contributed by atoms with Gasteiger partial charge in [-0.3, -0.25) is 4.79 Å². The molecule has 0 radical (unpaired) electrons. The van der Waals surface area contributed by atoms with Gasteiger partial charge >= 0.3 is 0 Å². The molecule has 0 N–H and O–H groups in total. The van der Waals surface area contributed by atoms with Gasteiger partial charge in [0.25, 0.3) is 0 Å². The number of rotatable bonds is 2. The molecule has 0 heterocycles. The Balaban J connectivity index is 2.44. The third-order valence-corrected chi connectivity index (χ3v) is 3.59. The Morgan fingerprint density at radius 3 is 2.39 bits per heavy atom. The molecule has 92 valence electrons. The lowest BCUT2D eigenvalue weighted by Crippen LogP contribution is -2.04. The second kappa shape index (κ2) is 5.39. The first kappa shape index (κ1) is 13.5. The van der Waals surface area contributed by atoms with Gasteiger partial charge in [-0.25, -0.2) is 4.39 Å². The monoisotopic (exact) mass is 346 g/mol. The molecule has 1 nitrogen and oxygen atoms in total. The molecule has 0 aromatic heterocycles. The summed E-state index contributed by atoms with van der Waals surface area (Å²) >= 11 is 14.7. The van der Waals surface area contributed by atoms with E-state index in [-0.39, 0.29) is 10.6 Å². The predicted octanol–water partition coefficient (Wildman–Crippen LogP) is 5.13. The highest BCUT2D eigenvalue weighted by atomic mass is 79.9. The second-order valence-electron chi connectivity index (χ2n) is 3.58. The molecule has 0 aliphatic rings. The Kier molecular flexibility index (Phi) is 4.05. The van der Waals surface area contributed by atoms with Crippen molar-refractivity contribution in [2.75, 3.05) is 0 Å². The maximum Gasteiger partial charge on any atom is 0.196 e. The van der Waals surface area contributed by atoms with E-state index in [4.69, 9.17) is 23.2 Å². The number of benzene rings is 2. The summed E-state index contributed by atoms with van der Waals surface area (Å²) in [6.07, 6.45) is 0. The minimum atomic E-state index is -0.583. The van der Waals surface area contributed by atoms with E-state index in [0.29, 0.717) is 15.1 Å². The highest BCUT2D eigenvalue weighted by molar-refractivity contribution is 9.10. The molecule has 0 amide bonds. The molecule has 0 fully saturated rings. The normalized spacial score (nSPS) is 10.4. The van der Waals surface area contributed by atoms with Crippen molar-refractivity contribution in [2.24, 2.45) is 0 Å². The summed E-state index contributed by atoms with van der Waals surface area (Å²) in [6.45, 7) is 0. The predicted molar refractivity (Wildman–Crippen MR) is 74.0 cm³/mol. The van der Waals surface area contributed by atoms with E-state index in [1.807, 2.05) is 0 Å². The zero-order valence-electron chi connectivity index (χ0n) is 8.88. The van der Waals surface area contributed by atoms with Gasteiger partial charge in [0, 0.05) is 10.0 Å². The fourth-order valence-corrected chi connectivity index (χ4v) is 2.10. The molecule has 0 atom stereocenters. The molecular formula is C13H6BrCl2FO. The van der Waals surface area contributed by atoms with Gasteiger partial charge in [-0.2, -0.15) is 0 Å². The van der Waals surface area contributed by atoms with Crippen molar-refractivity contribution in [1.82, 2.24) is 0 Å². The summed E-state index contributed by atoms with van der Waals surface area (Å²) in [6, 6.07) is 8.71. The number of carbonyl (C=O) groups excluding carboxylic acids is 1. The smallest absolute Gasteiger partial charge is 0.196 e. The molecule has 2 rings (SSSR count). The maximum atomic E-state index is 13.7. The van der Waals surface area contributed by atoms with E-state index in [9.17, 15) is 9.18 Å². The van der Waals surface area contributed by atoms with Gasteiger partial charge in [0.1, 0.15) is 5.82 Å². The van der Waals surface area contributed by atoms with Crippen molar-refractivity contribution in [3.05, 3.63) is 67.9 Å². The van der Waals surface area contributed by atoms with Crippen LogP contribution in [0.4, 0.5) is 4.39 Å². The first-order chi connectivity index (χ1) is 8.49. The Labute approximate surface area is 122 Å². The molecule has 0 spiro atoms. The van der Waals surface area contributed by atoms with Gasteiger partial charge in [0.05, 0.1) is 15.6 Å². The van der Waals surface area contributed by atoms with Crippen molar-refractivity contribution in [3.8, 4) is 0 Å². The molecule has 18 heavy (non-hydrogen) atoms. The number of ketones is 1. The zero-order valence-corrected chi connectivity index (χ0v) is 12.0. The third-order valence-electron chi connectivity index (χ3n) is 2.36. The lowest BCUT2D eigenvalue weighted by molar-refractivity contribution is 0.103. The highest BCUT2D eigenvalue weighted by Gasteiger charge is 2.15. The number of hydrogen-bond acceptors (Lipinski definition) is 1. The largest absolute Gasteiger partial charge is 0.288 e. The molecular weight excluding hydrogens is 342 g/mol. The van der Waals surface area contributed by atoms with E-state index in [1.165, 1.54) is 30.3 Å². The summed E-state index contributed by atoms with van der Waals surface area (Å²) in [5.74, 6) is -1.01. The summed E-state index contributed by atoms with van der Waals surface area (Å²) in [4.78, 5) is 12.1. The van der Waals surface area contributed by atoms with Crippen LogP contribution < -0.4 is 0 Å². The molecule has 2 aromatic carbocycles. The fourth-order valence-electron chi connectivity index (χ4n) is 1.47. The maximum absolute atomic E-state index is 13.7. The van der Waals surface area contributed by atoms with Gasteiger partial charge in [-0.1, -0.05) is 39.1 Å². The number of halogens is 4. The van der Waals surface area contributed by atoms with E-state index < -0.39 is 11.6 Å². The Hall–Kier alpha value is -0.900. The van der Waals surface area contributed by atoms with Crippen LogP contribution >= 0.6 is 39.1 Å². The van der Waals surface area contributed by atoms with E-state index in [1.54, 1.807) is 6.07 Å². The van der Waals surface area contributed by atoms with Crippen LogP contribution in [0, 0.1) is 5.82 Å². The van der Waals surface area contributed by atoms with E-state index >= 15 is 0 Å². The van der Waals surface area contributed by atoms with Gasteiger partial charge in [-0.05, 0) is 36.4 Å². The molecule has 0 saturated heterocycles. The zero-order chi connectivity index (χ0) is 13.3. The molecule has 0 aliphatic heterocycles. The number of hydrogen-bond donors (Lipinski definition) is 0. The first-order valence-corrected chi connectivity index (χ1v) is 6.49. The van der Waals surface area contributed by atoms with Crippen molar-refractivity contribution in [1.29, 1.82) is 0 Å². The minimum absolute atomic E-state index is 0.00316. The fraction of sp³-hybridized carbons (Fsp3) is 0. The average Bonchev–Trinajstić information content (AvgIpc) is 2.32. The molecule has 5 heteroatoms. The van der Waals surface area contributed by atoms with Crippen LogP contribution in [0.3, 0.4) is 0 Å². The van der Waals surface area contributed by atoms with Crippen LogP contribution in [0.5, 0.6) is 0 Å². The Bertz CT molecular complexity index is 628. The topological polar surface area (TPSA) is 17.1 Å². The average molecular weight is 348 g/mol. The van der Waals surface area contributed by atoms with Crippen LogP contribution in [0.25, 0.3) is 0 Å². The van der Waals surface area contributed by atoms with Crippen LogP contribution in [-0.4, -0.2) is 5.78 Å². The van der Waals surface area contributed by atoms with Crippen molar-refractivity contribution < 1.29 is 9.18 Å². The van der Waals surface area contributed by atoms with E-state index in [0.717, 1.165) is 0 Å². The summed E-state index contributed by atoms with van der Waals surface area (Å²) in [5.41, 5.74) is 0.294. The summed E-state index contributed by atoms with van der Waals surface area (Å²) < 4.78 is 14.2. The molecule has 0 unspecified atom stereocenters. The molecule has 0 saturated carbocycles. The quantitative estimate of drug-likeness (QED) is 0.688. The highest BCUT2D eigenvalue weighted by Crippen LogP contribution is 2.25. The van der Waals surface area contributed by atoms with Crippen LogP contribution in [0.15, 0.2) is 40.9 Å². The van der Waals surface area contributed by atoms with Crippen molar-refractivity contribution >= 4 is 44.9 Å². The second-order valence-corrected chi connectivity index (χ2v) is 5.31. The van der Waals surface area contributed by atoms with Gasteiger partial charge in [-0.15, -0.1) is 0 Å². The SMILES string of the molecule is O=C(c1ccc(Cl)c(Cl)c1)c1ccc(Br)cc1F. The van der Waals surface area contributed by atoms with E-state index in [2.05, 4.69) is 15.9 Å². The van der Waals surface area contributed by atoms with Crippen LogP contribution in [-0.2, 0) is 0 Å². The number of carbonyl (C=O) groups is 1. The molecule has 2 aromatic rings. The molecule has 0 bridgehead atoms. The van der Waals surface area contributed by atoms with Crippen molar-refractivity contribution in [3.63, 3.8) is 0 Å². The summed E-state index contributed by atoms with van der Waals surface area (Å²) in [5, 5.41) is 0.615. The standard InChI is InChI=1S/C13H6BrCl2FO/c14-8-2-3-9(12(17)6-8)13(18)7-1-4-10(15)11(16)5-7/h1-6H. The minimum Gasteiger partial charge on any atom is -0.288 e. The van der Waals surface area contributed by atoms with Gasteiger partial charge in [0.2, 0.25) is 0 Å². The Morgan fingerprint density at radius 2 is 1.78 bits per heavy atom. The Morgan fingerprint density at radius 1 is 1.06 bits per heavy atom. The van der Waals surface area contributed by atoms with Crippen molar-refractivity contribution in [2.45, 2.75) is 0 Å². The first-order valence-electron chi connectivity index (χ1n) is 4.94. The van der Waals surface area contributed by atoms with Gasteiger partial charge in [0.15, 0.2) is 5.78 Å². The van der Waals surface area contributed by atoms with Crippen LogP contribution in [0.1, 0.15) is 15.9 Å². The van der Waals surface area contributed by atoms with Gasteiger partial charge < -0.3 is 0 Å². The summed E-state index contributed by atoms with van der Waals surface area (Å²) in [7, 11) is 0. The van der Waals surface area contributed by atoms with Crippen LogP contribution in [0.2, 0.25) is 10.0 Å². The third kappa shape index (κ3) is 2.74. The molecule has 0 aliphatic carbocycles. The lowest BCUT2D eigenvalue weighted by atomic mass is 10.0. The lowest BCUT2D eigenvalue weighted by Gasteiger charge is -2.04.